The highest BCUT2D eigenvalue weighted by Crippen LogP contribution is 2.29. The fourth-order valence-corrected chi connectivity index (χ4v) is 3.05. The molecule has 1 aliphatic heterocycles. The fourth-order valence-electron chi connectivity index (χ4n) is 3.05. The van der Waals surface area contributed by atoms with E-state index in [9.17, 15) is 0 Å². The second-order valence-electron chi connectivity index (χ2n) is 5.56. The Bertz CT molecular complexity index is 597. The second-order valence-corrected chi connectivity index (χ2v) is 5.56. The smallest absolute Gasteiger partial charge is 0.126 e. The monoisotopic (exact) mass is 270 g/mol. The van der Waals surface area contributed by atoms with Gasteiger partial charge in [-0.05, 0) is 23.9 Å². The molecule has 1 aliphatic rings. The van der Waals surface area contributed by atoms with Gasteiger partial charge in [0.25, 0.3) is 0 Å². The van der Waals surface area contributed by atoms with E-state index in [2.05, 4.69) is 53.5 Å². The van der Waals surface area contributed by atoms with Gasteiger partial charge in [0.2, 0.25) is 0 Å². The molecule has 0 radical (unpaired) electrons. The SMILES string of the molecule is COc1ccc(CN2CCN[C@@H](C)C2)c2ccccc12. The van der Waals surface area contributed by atoms with Crippen molar-refractivity contribution >= 4 is 10.8 Å². The van der Waals surface area contributed by atoms with Gasteiger partial charge in [0.1, 0.15) is 5.75 Å². The molecule has 0 aliphatic carbocycles. The number of fused-ring (bicyclic) bond motifs is 1. The molecule has 1 fully saturated rings. The molecule has 20 heavy (non-hydrogen) atoms. The third-order valence-corrected chi connectivity index (χ3v) is 4.04. The molecule has 1 N–H and O–H groups in total. The van der Waals surface area contributed by atoms with Crippen LogP contribution in [-0.2, 0) is 6.54 Å². The standard InChI is InChI=1S/C17H22N2O/c1-13-11-19(10-9-18-13)12-14-7-8-17(20-2)16-6-4-3-5-15(14)16/h3-8,13,18H,9-12H2,1-2H3/t13-/m0/s1. The van der Waals surface area contributed by atoms with E-state index in [0.29, 0.717) is 6.04 Å². The van der Waals surface area contributed by atoms with Gasteiger partial charge in [0, 0.05) is 37.6 Å². The van der Waals surface area contributed by atoms with Crippen LogP contribution in [0.2, 0.25) is 0 Å². The molecule has 2 aromatic rings. The molecule has 0 saturated carbocycles. The minimum atomic E-state index is 0.577. The topological polar surface area (TPSA) is 24.5 Å². The predicted octanol–water partition coefficient (Wildman–Crippen LogP) is 2.64. The number of ether oxygens (including phenoxy) is 1. The van der Waals surface area contributed by atoms with Crippen LogP contribution in [0.3, 0.4) is 0 Å². The molecule has 1 atom stereocenters. The van der Waals surface area contributed by atoms with Crippen molar-refractivity contribution in [2.75, 3.05) is 26.7 Å². The summed E-state index contributed by atoms with van der Waals surface area (Å²) in [6.45, 7) is 6.56. The number of nitrogens with one attached hydrogen (secondary N) is 1. The van der Waals surface area contributed by atoms with Crippen LogP contribution in [-0.4, -0.2) is 37.7 Å². The third kappa shape index (κ3) is 2.65. The Morgan fingerprint density at radius 2 is 2.00 bits per heavy atom. The van der Waals surface area contributed by atoms with Crippen molar-refractivity contribution in [3.63, 3.8) is 0 Å². The molecule has 106 valence electrons. The van der Waals surface area contributed by atoms with Gasteiger partial charge < -0.3 is 10.1 Å². The van der Waals surface area contributed by atoms with Crippen LogP contribution < -0.4 is 10.1 Å². The zero-order valence-electron chi connectivity index (χ0n) is 12.2. The molecule has 0 amide bonds. The lowest BCUT2D eigenvalue weighted by molar-refractivity contribution is 0.200. The van der Waals surface area contributed by atoms with Gasteiger partial charge >= 0.3 is 0 Å². The highest BCUT2D eigenvalue weighted by atomic mass is 16.5. The molecular formula is C17H22N2O. The first-order valence-corrected chi connectivity index (χ1v) is 7.28. The number of piperazine rings is 1. The minimum Gasteiger partial charge on any atom is -0.496 e. The maximum absolute atomic E-state index is 5.47. The van der Waals surface area contributed by atoms with Crippen molar-refractivity contribution < 1.29 is 4.74 Å². The van der Waals surface area contributed by atoms with Gasteiger partial charge in [-0.3, -0.25) is 4.90 Å². The number of rotatable bonds is 3. The summed E-state index contributed by atoms with van der Waals surface area (Å²) in [5.74, 6) is 0.957. The Kier molecular flexibility index (Phi) is 3.90. The number of hydrogen-bond acceptors (Lipinski definition) is 3. The number of hydrogen-bond donors (Lipinski definition) is 1. The van der Waals surface area contributed by atoms with Crippen molar-refractivity contribution in [2.45, 2.75) is 19.5 Å². The van der Waals surface area contributed by atoms with Gasteiger partial charge in [-0.25, -0.2) is 0 Å². The minimum absolute atomic E-state index is 0.577. The van der Waals surface area contributed by atoms with E-state index in [4.69, 9.17) is 4.74 Å². The molecule has 0 aromatic heterocycles. The molecule has 1 saturated heterocycles. The summed E-state index contributed by atoms with van der Waals surface area (Å²) in [5.41, 5.74) is 1.38. The summed E-state index contributed by atoms with van der Waals surface area (Å²) in [5, 5.41) is 6.00. The van der Waals surface area contributed by atoms with Crippen molar-refractivity contribution in [3.8, 4) is 5.75 Å². The highest BCUT2D eigenvalue weighted by Gasteiger charge is 2.16. The van der Waals surface area contributed by atoms with Gasteiger partial charge in [-0.2, -0.15) is 0 Å². The zero-order chi connectivity index (χ0) is 13.9. The average molecular weight is 270 g/mol. The van der Waals surface area contributed by atoms with E-state index in [0.717, 1.165) is 31.9 Å². The molecule has 0 bridgehead atoms. The number of methoxy groups -OCH3 is 1. The van der Waals surface area contributed by atoms with E-state index in [1.807, 2.05) is 0 Å². The van der Waals surface area contributed by atoms with E-state index >= 15 is 0 Å². The Balaban J connectivity index is 1.92. The van der Waals surface area contributed by atoms with Crippen molar-refractivity contribution in [1.82, 2.24) is 10.2 Å². The van der Waals surface area contributed by atoms with Crippen LogP contribution in [0.5, 0.6) is 5.75 Å². The number of benzene rings is 2. The molecule has 3 heteroatoms. The predicted molar refractivity (Wildman–Crippen MR) is 83.2 cm³/mol. The van der Waals surface area contributed by atoms with Gasteiger partial charge in [0.05, 0.1) is 7.11 Å². The van der Waals surface area contributed by atoms with Crippen LogP contribution in [0, 0.1) is 0 Å². The van der Waals surface area contributed by atoms with Crippen LogP contribution in [0.15, 0.2) is 36.4 Å². The fraction of sp³-hybridized carbons (Fsp3) is 0.412. The Hall–Kier alpha value is -1.58. The summed E-state index contributed by atoms with van der Waals surface area (Å²) in [6.07, 6.45) is 0. The highest BCUT2D eigenvalue weighted by molar-refractivity contribution is 5.91. The van der Waals surface area contributed by atoms with Crippen molar-refractivity contribution in [2.24, 2.45) is 0 Å². The third-order valence-electron chi connectivity index (χ3n) is 4.04. The Morgan fingerprint density at radius 3 is 2.75 bits per heavy atom. The second kappa shape index (κ2) is 5.81. The van der Waals surface area contributed by atoms with Crippen LogP contribution >= 0.6 is 0 Å². The van der Waals surface area contributed by atoms with E-state index in [-0.39, 0.29) is 0 Å². The lowest BCUT2D eigenvalue weighted by atomic mass is 10.0. The molecule has 3 rings (SSSR count). The molecule has 3 nitrogen and oxygen atoms in total. The van der Waals surface area contributed by atoms with E-state index < -0.39 is 0 Å². The van der Waals surface area contributed by atoms with Crippen LogP contribution in [0.4, 0.5) is 0 Å². The lowest BCUT2D eigenvalue weighted by Crippen LogP contribution is -2.48. The zero-order valence-corrected chi connectivity index (χ0v) is 12.2. The quantitative estimate of drug-likeness (QED) is 0.928. The summed E-state index contributed by atoms with van der Waals surface area (Å²) in [6, 6.07) is 13.4. The summed E-state index contributed by atoms with van der Waals surface area (Å²) >= 11 is 0. The van der Waals surface area contributed by atoms with Gasteiger partial charge in [-0.15, -0.1) is 0 Å². The maximum Gasteiger partial charge on any atom is 0.126 e. The van der Waals surface area contributed by atoms with Gasteiger partial charge in [-0.1, -0.05) is 30.3 Å². The summed E-state index contributed by atoms with van der Waals surface area (Å²) in [7, 11) is 1.74. The molecule has 0 spiro atoms. The Labute approximate surface area is 120 Å². The number of nitrogens with zero attached hydrogens (tertiary/aromatic N) is 1. The lowest BCUT2D eigenvalue weighted by Gasteiger charge is -2.32. The molecular weight excluding hydrogens is 248 g/mol. The van der Waals surface area contributed by atoms with E-state index in [1.54, 1.807) is 7.11 Å². The first-order chi connectivity index (χ1) is 9.78. The van der Waals surface area contributed by atoms with E-state index in [1.165, 1.54) is 16.3 Å². The molecule has 1 heterocycles. The normalized spacial score (nSPS) is 20.2. The Morgan fingerprint density at radius 1 is 1.20 bits per heavy atom. The van der Waals surface area contributed by atoms with Gasteiger partial charge in [0.15, 0.2) is 0 Å². The molecule has 2 aromatic carbocycles. The summed E-state index contributed by atoms with van der Waals surface area (Å²) < 4.78 is 5.47. The van der Waals surface area contributed by atoms with Crippen LogP contribution in [0.1, 0.15) is 12.5 Å². The average Bonchev–Trinajstić information content (AvgIpc) is 2.48. The van der Waals surface area contributed by atoms with Crippen molar-refractivity contribution in [3.05, 3.63) is 42.0 Å². The first kappa shape index (κ1) is 13.4. The van der Waals surface area contributed by atoms with Crippen molar-refractivity contribution in [1.29, 1.82) is 0 Å². The largest absolute Gasteiger partial charge is 0.496 e. The summed E-state index contributed by atoms with van der Waals surface area (Å²) in [4.78, 5) is 2.52. The maximum atomic E-state index is 5.47. The first-order valence-electron chi connectivity index (χ1n) is 7.28. The molecule has 0 unspecified atom stereocenters. The van der Waals surface area contributed by atoms with Crippen LogP contribution in [0.25, 0.3) is 10.8 Å².